The Labute approximate surface area is 204 Å². The van der Waals surface area contributed by atoms with Gasteiger partial charge in [0.15, 0.2) is 0 Å². The van der Waals surface area contributed by atoms with Gasteiger partial charge in [-0.25, -0.2) is 0 Å². The van der Waals surface area contributed by atoms with Crippen molar-refractivity contribution in [2.75, 3.05) is 0 Å². The minimum atomic E-state index is -0.410. The van der Waals surface area contributed by atoms with E-state index in [2.05, 4.69) is 47.6 Å². The van der Waals surface area contributed by atoms with Crippen LogP contribution >= 0.6 is 0 Å². The van der Waals surface area contributed by atoms with Crippen molar-refractivity contribution in [2.24, 2.45) is 28.6 Å². The van der Waals surface area contributed by atoms with E-state index < -0.39 is 5.60 Å². The third kappa shape index (κ3) is 5.88. The van der Waals surface area contributed by atoms with Gasteiger partial charge < -0.3 is 9.47 Å². The Bertz CT molecular complexity index is 724. The molecule has 0 N–H and O–H groups in total. The minimum absolute atomic E-state index is 0.0409. The normalized spacial score (nSPS) is 36.7. The number of ether oxygens (including phenoxy) is 2. The lowest BCUT2D eigenvalue weighted by molar-refractivity contribution is -0.156. The summed E-state index contributed by atoms with van der Waals surface area (Å²) < 4.78 is 12.3. The Morgan fingerprint density at radius 2 is 1.73 bits per heavy atom. The van der Waals surface area contributed by atoms with E-state index in [1.165, 1.54) is 51.4 Å². The fraction of sp³-hybridized carbons (Fsp3) is 0.900. The van der Waals surface area contributed by atoms with Crippen molar-refractivity contribution in [3.05, 3.63) is 11.6 Å². The van der Waals surface area contributed by atoms with Gasteiger partial charge in [-0.05, 0) is 121 Å². The molecule has 2 saturated carbocycles. The fourth-order valence-corrected chi connectivity index (χ4v) is 7.58. The highest BCUT2D eigenvalue weighted by atomic mass is 16.6. The number of hydrogen-bond acceptors (Lipinski definition) is 3. The van der Waals surface area contributed by atoms with Crippen molar-refractivity contribution in [2.45, 2.75) is 144 Å². The number of rotatable bonds is 7. The average molecular weight is 461 g/mol. The first-order chi connectivity index (χ1) is 15.2. The Hall–Kier alpha value is -0.830. The summed E-state index contributed by atoms with van der Waals surface area (Å²) in [5.74, 6) is 2.07. The molecule has 6 atom stereocenters. The van der Waals surface area contributed by atoms with E-state index in [0.29, 0.717) is 24.4 Å². The standard InChI is InChI=1S/C30H52O3/c1-10-11-12-21-13-14-22-23-15-16-25(32-27(2,3)4)30(23,9)19-17-24(22)29(21,8)20-18-26(31)33-28(5,6)7/h13,22-25H,10-12,14-20H2,1-9H3. The molecule has 0 aliphatic heterocycles. The van der Waals surface area contributed by atoms with Crippen LogP contribution in [0.5, 0.6) is 0 Å². The van der Waals surface area contributed by atoms with E-state index in [4.69, 9.17) is 9.47 Å². The number of carbonyl (C=O) groups excluding carboxylic acids is 1. The SMILES string of the molecule is CCCCC1=CCC2C(CCC3(C)C(OC(C)(C)C)CCC23)C1(C)CCC(=O)OC(C)(C)C. The van der Waals surface area contributed by atoms with Crippen LogP contribution in [0.1, 0.15) is 127 Å². The Morgan fingerprint density at radius 1 is 1.03 bits per heavy atom. The number of hydrogen-bond donors (Lipinski definition) is 0. The highest BCUT2D eigenvalue weighted by Crippen LogP contribution is 2.64. The zero-order valence-corrected chi connectivity index (χ0v) is 23.2. The van der Waals surface area contributed by atoms with Crippen LogP contribution in [0.25, 0.3) is 0 Å². The highest BCUT2D eigenvalue weighted by Gasteiger charge is 2.58. The van der Waals surface area contributed by atoms with Crippen LogP contribution in [0.3, 0.4) is 0 Å². The summed E-state index contributed by atoms with van der Waals surface area (Å²) in [4.78, 5) is 12.7. The smallest absolute Gasteiger partial charge is 0.306 e. The first-order valence-electron chi connectivity index (χ1n) is 13.8. The third-order valence-electron chi connectivity index (χ3n) is 9.10. The monoisotopic (exact) mass is 460 g/mol. The van der Waals surface area contributed by atoms with E-state index in [1.54, 1.807) is 5.57 Å². The second kappa shape index (κ2) is 9.67. The predicted octanol–water partition coefficient (Wildman–Crippen LogP) is 8.26. The topological polar surface area (TPSA) is 35.5 Å². The molecular weight excluding hydrogens is 408 g/mol. The number of allylic oxidation sites excluding steroid dienone is 2. The van der Waals surface area contributed by atoms with Gasteiger partial charge in [0.25, 0.3) is 0 Å². The van der Waals surface area contributed by atoms with Crippen LogP contribution in [-0.2, 0) is 14.3 Å². The van der Waals surface area contributed by atoms with Crippen molar-refractivity contribution in [1.29, 1.82) is 0 Å². The van der Waals surface area contributed by atoms with Gasteiger partial charge in [-0.3, -0.25) is 4.79 Å². The molecule has 3 aliphatic rings. The van der Waals surface area contributed by atoms with Gasteiger partial charge in [0.1, 0.15) is 5.60 Å². The molecule has 2 fully saturated rings. The van der Waals surface area contributed by atoms with E-state index in [-0.39, 0.29) is 22.4 Å². The minimum Gasteiger partial charge on any atom is -0.460 e. The average Bonchev–Trinajstić information content (AvgIpc) is 2.99. The fourth-order valence-electron chi connectivity index (χ4n) is 7.58. The molecule has 0 aromatic rings. The molecule has 0 aromatic heterocycles. The first kappa shape index (κ1) is 26.8. The zero-order valence-electron chi connectivity index (χ0n) is 23.2. The zero-order chi connectivity index (χ0) is 24.7. The molecule has 3 nitrogen and oxygen atoms in total. The van der Waals surface area contributed by atoms with Crippen molar-refractivity contribution >= 4 is 5.97 Å². The van der Waals surface area contributed by atoms with Crippen molar-refractivity contribution < 1.29 is 14.3 Å². The molecule has 0 spiro atoms. The molecule has 33 heavy (non-hydrogen) atoms. The molecule has 3 heteroatoms. The number of fused-ring (bicyclic) bond motifs is 3. The van der Waals surface area contributed by atoms with Crippen LogP contribution in [-0.4, -0.2) is 23.3 Å². The molecular formula is C30H52O3. The summed E-state index contributed by atoms with van der Waals surface area (Å²) in [7, 11) is 0. The van der Waals surface area contributed by atoms with E-state index in [9.17, 15) is 4.79 Å². The van der Waals surface area contributed by atoms with Gasteiger partial charge in [0.2, 0.25) is 0 Å². The first-order valence-corrected chi connectivity index (χ1v) is 13.8. The van der Waals surface area contributed by atoms with Crippen LogP contribution in [0, 0.1) is 28.6 Å². The second-order valence-corrected chi connectivity index (χ2v) is 13.8. The number of carbonyl (C=O) groups is 1. The van der Waals surface area contributed by atoms with Crippen molar-refractivity contribution in [3.8, 4) is 0 Å². The highest BCUT2D eigenvalue weighted by molar-refractivity contribution is 5.70. The molecule has 6 unspecified atom stereocenters. The lowest BCUT2D eigenvalue weighted by Crippen LogP contribution is -2.51. The summed E-state index contributed by atoms with van der Waals surface area (Å²) >= 11 is 0. The van der Waals surface area contributed by atoms with Crippen molar-refractivity contribution in [1.82, 2.24) is 0 Å². The van der Waals surface area contributed by atoms with E-state index >= 15 is 0 Å². The summed E-state index contributed by atoms with van der Waals surface area (Å²) in [6.07, 6.45) is 14.3. The van der Waals surface area contributed by atoms with Crippen LogP contribution in [0.2, 0.25) is 0 Å². The summed E-state index contributed by atoms with van der Waals surface area (Å²) in [5, 5.41) is 0. The maximum atomic E-state index is 12.7. The maximum absolute atomic E-state index is 12.7. The third-order valence-corrected chi connectivity index (χ3v) is 9.10. The van der Waals surface area contributed by atoms with Crippen LogP contribution in [0.4, 0.5) is 0 Å². The van der Waals surface area contributed by atoms with Crippen LogP contribution < -0.4 is 0 Å². The molecule has 0 saturated heterocycles. The largest absolute Gasteiger partial charge is 0.460 e. The Balaban J connectivity index is 1.83. The maximum Gasteiger partial charge on any atom is 0.306 e. The predicted molar refractivity (Wildman–Crippen MR) is 137 cm³/mol. The van der Waals surface area contributed by atoms with E-state index in [1.807, 2.05) is 20.8 Å². The molecule has 0 bridgehead atoms. The molecule has 0 aromatic carbocycles. The molecule has 190 valence electrons. The quantitative estimate of drug-likeness (QED) is 0.283. The lowest BCUT2D eigenvalue weighted by atomic mass is 9.49. The molecule has 3 rings (SSSR count). The lowest BCUT2D eigenvalue weighted by Gasteiger charge is -2.56. The van der Waals surface area contributed by atoms with Gasteiger partial charge in [0, 0.05) is 6.42 Å². The number of unbranched alkanes of at least 4 members (excludes halogenated alkanes) is 1. The van der Waals surface area contributed by atoms with Gasteiger partial charge in [-0.2, -0.15) is 0 Å². The van der Waals surface area contributed by atoms with Crippen molar-refractivity contribution in [3.63, 3.8) is 0 Å². The molecule has 0 radical (unpaired) electrons. The second-order valence-electron chi connectivity index (χ2n) is 13.8. The molecule has 0 amide bonds. The van der Waals surface area contributed by atoms with Gasteiger partial charge >= 0.3 is 5.97 Å². The molecule has 0 heterocycles. The van der Waals surface area contributed by atoms with Gasteiger partial charge in [-0.1, -0.05) is 38.8 Å². The van der Waals surface area contributed by atoms with Gasteiger partial charge in [0.05, 0.1) is 11.7 Å². The Kier molecular flexibility index (Phi) is 7.84. The summed E-state index contributed by atoms with van der Waals surface area (Å²) in [6, 6.07) is 0. The Morgan fingerprint density at radius 3 is 2.33 bits per heavy atom. The number of esters is 1. The van der Waals surface area contributed by atoms with E-state index in [0.717, 1.165) is 12.3 Å². The van der Waals surface area contributed by atoms with Gasteiger partial charge in [-0.15, -0.1) is 0 Å². The summed E-state index contributed by atoms with van der Waals surface area (Å²) in [5.41, 5.74) is 1.53. The molecule has 3 aliphatic carbocycles. The summed E-state index contributed by atoms with van der Waals surface area (Å²) in [6.45, 7) is 19.8. The van der Waals surface area contributed by atoms with Crippen LogP contribution in [0.15, 0.2) is 11.6 Å².